The molecule has 0 radical (unpaired) electrons. The number of hydrogen-bond donors (Lipinski definition) is 0. The average molecular weight is 373 g/mol. The molecule has 27 heavy (non-hydrogen) atoms. The van der Waals surface area contributed by atoms with Crippen molar-refractivity contribution in [1.82, 2.24) is 14.8 Å². The SMILES string of the molecule is COc1ccc(/C=N\N2CCOCC2)cc1Cn1nc(C)c([N+](=O)[O-])c1C. The van der Waals surface area contributed by atoms with Crippen molar-refractivity contribution < 1.29 is 14.4 Å². The van der Waals surface area contributed by atoms with Crippen molar-refractivity contribution in [3.63, 3.8) is 0 Å². The third kappa shape index (κ3) is 4.25. The summed E-state index contributed by atoms with van der Waals surface area (Å²) in [5, 5.41) is 22.0. The van der Waals surface area contributed by atoms with E-state index in [1.165, 1.54) is 0 Å². The van der Waals surface area contributed by atoms with Crippen molar-refractivity contribution in [3.05, 3.63) is 50.8 Å². The number of aryl methyl sites for hydroxylation is 1. The van der Waals surface area contributed by atoms with Crippen LogP contribution >= 0.6 is 0 Å². The van der Waals surface area contributed by atoms with Crippen LogP contribution in [0.15, 0.2) is 23.3 Å². The van der Waals surface area contributed by atoms with Crippen LogP contribution < -0.4 is 4.74 Å². The van der Waals surface area contributed by atoms with Gasteiger partial charge < -0.3 is 9.47 Å². The molecular formula is C18H23N5O4. The molecule has 1 aliphatic rings. The molecule has 0 N–H and O–H groups in total. The second-order valence-corrected chi connectivity index (χ2v) is 6.32. The molecule has 1 aromatic carbocycles. The van der Waals surface area contributed by atoms with Crippen molar-refractivity contribution in [1.29, 1.82) is 0 Å². The van der Waals surface area contributed by atoms with Gasteiger partial charge in [-0.15, -0.1) is 0 Å². The first-order chi connectivity index (χ1) is 13.0. The molecule has 1 saturated heterocycles. The summed E-state index contributed by atoms with van der Waals surface area (Å²) < 4.78 is 12.4. The summed E-state index contributed by atoms with van der Waals surface area (Å²) in [5.41, 5.74) is 2.78. The molecule has 0 atom stereocenters. The monoisotopic (exact) mass is 373 g/mol. The fraction of sp³-hybridized carbons (Fsp3) is 0.444. The molecule has 0 aliphatic carbocycles. The van der Waals surface area contributed by atoms with E-state index >= 15 is 0 Å². The van der Waals surface area contributed by atoms with Gasteiger partial charge in [-0.05, 0) is 37.6 Å². The second kappa shape index (κ2) is 8.17. The van der Waals surface area contributed by atoms with Crippen LogP contribution in [0.1, 0.15) is 22.5 Å². The van der Waals surface area contributed by atoms with E-state index in [-0.39, 0.29) is 5.69 Å². The highest BCUT2D eigenvalue weighted by Gasteiger charge is 2.22. The van der Waals surface area contributed by atoms with E-state index in [1.807, 2.05) is 23.2 Å². The Balaban J connectivity index is 1.85. The molecule has 3 rings (SSSR count). The van der Waals surface area contributed by atoms with Gasteiger partial charge in [0.1, 0.15) is 17.1 Å². The van der Waals surface area contributed by atoms with Gasteiger partial charge >= 0.3 is 5.69 Å². The summed E-state index contributed by atoms with van der Waals surface area (Å²) in [6, 6.07) is 5.76. The van der Waals surface area contributed by atoms with Crippen LogP contribution in [0.25, 0.3) is 0 Å². The third-order valence-electron chi connectivity index (χ3n) is 4.51. The number of benzene rings is 1. The Morgan fingerprint density at radius 3 is 2.74 bits per heavy atom. The molecule has 0 bridgehead atoms. The molecule has 144 valence electrons. The number of methoxy groups -OCH3 is 1. The molecule has 0 spiro atoms. The maximum atomic E-state index is 11.2. The maximum absolute atomic E-state index is 11.2. The normalized spacial score (nSPS) is 14.7. The lowest BCUT2D eigenvalue weighted by molar-refractivity contribution is -0.386. The van der Waals surface area contributed by atoms with Crippen LogP contribution in [0, 0.1) is 24.0 Å². The number of rotatable bonds is 6. The van der Waals surface area contributed by atoms with E-state index in [0.29, 0.717) is 36.9 Å². The smallest absolute Gasteiger partial charge is 0.312 e. The number of nitro groups is 1. The Kier molecular flexibility index (Phi) is 5.70. The summed E-state index contributed by atoms with van der Waals surface area (Å²) in [6.07, 6.45) is 1.80. The largest absolute Gasteiger partial charge is 0.496 e. The first-order valence-corrected chi connectivity index (χ1v) is 8.71. The van der Waals surface area contributed by atoms with E-state index in [4.69, 9.17) is 9.47 Å². The van der Waals surface area contributed by atoms with Crippen molar-refractivity contribution in [2.75, 3.05) is 33.4 Å². The molecule has 0 amide bonds. The van der Waals surface area contributed by atoms with E-state index in [9.17, 15) is 10.1 Å². The number of ether oxygens (including phenoxy) is 2. The predicted molar refractivity (Wildman–Crippen MR) is 100 cm³/mol. The first-order valence-electron chi connectivity index (χ1n) is 8.71. The van der Waals surface area contributed by atoms with E-state index < -0.39 is 4.92 Å². The number of morpholine rings is 1. The number of hydrogen-bond acceptors (Lipinski definition) is 7. The molecule has 2 aromatic rings. The Morgan fingerprint density at radius 1 is 1.37 bits per heavy atom. The van der Waals surface area contributed by atoms with Crippen molar-refractivity contribution >= 4 is 11.9 Å². The quantitative estimate of drug-likeness (QED) is 0.437. The maximum Gasteiger partial charge on any atom is 0.312 e. The number of nitrogens with zero attached hydrogens (tertiary/aromatic N) is 5. The average Bonchev–Trinajstić information content (AvgIpc) is 2.94. The predicted octanol–water partition coefficient (Wildman–Crippen LogP) is 2.13. The van der Waals surface area contributed by atoms with Crippen molar-refractivity contribution in [2.45, 2.75) is 20.4 Å². The minimum atomic E-state index is -0.392. The van der Waals surface area contributed by atoms with Gasteiger partial charge in [0.2, 0.25) is 0 Å². The van der Waals surface area contributed by atoms with Gasteiger partial charge in [-0.25, -0.2) is 0 Å². The fourth-order valence-electron chi connectivity index (χ4n) is 3.09. The number of hydrazone groups is 1. The molecule has 9 heteroatoms. The third-order valence-corrected chi connectivity index (χ3v) is 4.51. The molecule has 0 saturated carbocycles. The van der Waals surface area contributed by atoms with Gasteiger partial charge in [-0.1, -0.05) is 0 Å². The Hall–Kier alpha value is -2.94. The lowest BCUT2D eigenvalue weighted by atomic mass is 10.1. The molecule has 0 unspecified atom stereocenters. The topological polar surface area (TPSA) is 95.0 Å². The Morgan fingerprint density at radius 2 is 2.11 bits per heavy atom. The van der Waals surface area contributed by atoms with E-state index in [2.05, 4.69) is 10.2 Å². The standard InChI is InChI=1S/C18H23N5O4/c1-13-18(23(24)25)14(2)22(20-13)12-16-10-15(4-5-17(16)26-3)11-19-21-6-8-27-9-7-21/h4-5,10-11H,6-9,12H2,1-3H3/b19-11-. The summed E-state index contributed by atoms with van der Waals surface area (Å²) in [4.78, 5) is 10.8. The highest BCUT2D eigenvalue weighted by molar-refractivity contribution is 5.80. The zero-order valence-corrected chi connectivity index (χ0v) is 15.7. The van der Waals surface area contributed by atoms with Crippen LogP contribution in [0.5, 0.6) is 5.75 Å². The lowest BCUT2D eigenvalue weighted by Gasteiger charge is -2.23. The number of aromatic nitrogens is 2. The van der Waals surface area contributed by atoms with Crippen LogP contribution in [-0.4, -0.2) is 59.3 Å². The summed E-state index contributed by atoms with van der Waals surface area (Å²) >= 11 is 0. The second-order valence-electron chi connectivity index (χ2n) is 6.32. The minimum Gasteiger partial charge on any atom is -0.496 e. The van der Waals surface area contributed by atoms with Gasteiger partial charge in [-0.3, -0.25) is 19.8 Å². The lowest BCUT2D eigenvalue weighted by Crippen LogP contribution is -2.32. The first kappa shape index (κ1) is 18.8. The fourth-order valence-corrected chi connectivity index (χ4v) is 3.09. The molecule has 1 aliphatic heterocycles. The highest BCUT2D eigenvalue weighted by atomic mass is 16.6. The summed E-state index contributed by atoms with van der Waals surface area (Å²) in [6.45, 7) is 6.63. The van der Waals surface area contributed by atoms with Crippen molar-refractivity contribution in [3.8, 4) is 5.75 Å². The highest BCUT2D eigenvalue weighted by Crippen LogP contribution is 2.25. The van der Waals surface area contributed by atoms with Crippen LogP contribution in [-0.2, 0) is 11.3 Å². The van der Waals surface area contributed by atoms with Gasteiger partial charge in [-0.2, -0.15) is 10.2 Å². The van der Waals surface area contributed by atoms with Gasteiger partial charge in [0.25, 0.3) is 0 Å². The molecule has 9 nitrogen and oxygen atoms in total. The van der Waals surface area contributed by atoms with Crippen LogP contribution in [0.4, 0.5) is 5.69 Å². The minimum absolute atomic E-state index is 0.0546. The molecule has 1 aromatic heterocycles. The summed E-state index contributed by atoms with van der Waals surface area (Å²) in [7, 11) is 1.60. The van der Waals surface area contributed by atoms with Gasteiger partial charge in [0.15, 0.2) is 0 Å². The zero-order chi connectivity index (χ0) is 19.4. The summed E-state index contributed by atoms with van der Waals surface area (Å²) in [5.74, 6) is 0.703. The van der Waals surface area contributed by atoms with Crippen molar-refractivity contribution in [2.24, 2.45) is 5.10 Å². The van der Waals surface area contributed by atoms with E-state index in [0.717, 1.165) is 24.2 Å². The Labute approximate surface area is 157 Å². The Bertz CT molecular complexity index is 856. The van der Waals surface area contributed by atoms with Gasteiger partial charge in [0.05, 0.1) is 51.1 Å². The van der Waals surface area contributed by atoms with Crippen LogP contribution in [0.3, 0.4) is 0 Å². The molecule has 2 heterocycles. The van der Waals surface area contributed by atoms with Gasteiger partial charge in [0, 0.05) is 5.56 Å². The zero-order valence-electron chi connectivity index (χ0n) is 15.7. The van der Waals surface area contributed by atoms with Crippen LogP contribution in [0.2, 0.25) is 0 Å². The van der Waals surface area contributed by atoms with E-state index in [1.54, 1.807) is 31.9 Å². The molecular weight excluding hydrogens is 350 g/mol. The molecule has 1 fully saturated rings.